The van der Waals surface area contributed by atoms with Gasteiger partial charge in [-0.2, -0.15) is 0 Å². The van der Waals surface area contributed by atoms with E-state index in [9.17, 15) is 0 Å². The first-order valence-corrected chi connectivity index (χ1v) is 8.15. The topological polar surface area (TPSA) is 44.5 Å². The summed E-state index contributed by atoms with van der Waals surface area (Å²) >= 11 is 6.23. The van der Waals surface area contributed by atoms with Crippen molar-refractivity contribution >= 4 is 11.6 Å². The second-order valence-corrected chi connectivity index (χ2v) is 6.15. The molecule has 1 rings (SSSR count). The monoisotopic (exact) mass is 313 g/mol. The summed E-state index contributed by atoms with van der Waals surface area (Å²) < 4.78 is 11.4. The number of para-hydroxylation sites is 1. The predicted octanol–water partition coefficient (Wildman–Crippen LogP) is 4.06. The molecular formula is C17H28ClNO2. The molecule has 3 nitrogen and oxygen atoms in total. The van der Waals surface area contributed by atoms with Gasteiger partial charge in [0, 0.05) is 12.6 Å². The van der Waals surface area contributed by atoms with Crippen LogP contribution in [0, 0.1) is 5.92 Å². The van der Waals surface area contributed by atoms with Crippen molar-refractivity contribution in [1.29, 1.82) is 0 Å². The van der Waals surface area contributed by atoms with Crippen LogP contribution in [0.3, 0.4) is 0 Å². The highest BCUT2D eigenvalue weighted by atomic mass is 35.5. The molecule has 0 radical (unpaired) electrons. The number of hydrogen-bond acceptors (Lipinski definition) is 3. The van der Waals surface area contributed by atoms with Crippen molar-refractivity contribution in [3.63, 3.8) is 0 Å². The van der Waals surface area contributed by atoms with E-state index >= 15 is 0 Å². The molecule has 0 heterocycles. The van der Waals surface area contributed by atoms with Crippen LogP contribution in [-0.2, 0) is 11.2 Å². The summed E-state index contributed by atoms with van der Waals surface area (Å²) in [5.74, 6) is 1.41. The van der Waals surface area contributed by atoms with E-state index in [1.165, 1.54) is 0 Å². The van der Waals surface area contributed by atoms with Crippen LogP contribution in [0.25, 0.3) is 0 Å². The van der Waals surface area contributed by atoms with Crippen LogP contribution >= 0.6 is 11.6 Å². The van der Waals surface area contributed by atoms with E-state index in [2.05, 4.69) is 20.8 Å². The van der Waals surface area contributed by atoms with Crippen molar-refractivity contribution in [2.75, 3.05) is 19.8 Å². The predicted molar refractivity (Wildman–Crippen MR) is 89.2 cm³/mol. The molecule has 1 aromatic rings. The minimum atomic E-state index is 0.133. The van der Waals surface area contributed by atoms with Crippen LogP contribution in [0.15, 0.2) is 18.2 Å². The summed E-state index contributed by atoms with van der Waals surface area (Å²) in [6, 6.07) is 5.94. The Hall–Kier alpha value is -0.770. The van der Waals surface area contributed by atoms with E-state index in [-0.39, 0.29) is 6.04 Å². The summed E-state index contributed by atoms with van der Waals surface area (Å²) in [4.78, 5) is 0. The highest BCUT2D eigenvalue weighted by molar-refractivity contribution is 6.32. The first-order valence-electron chi connectivity index (χ1n) is 7.78. The first kappa shape index (κ1) is 18.3. The Morgan fingerprint density at radius 2 is 1.95 bits per heavy atom. The molecular weight excluding hydrogens is 286 g/mol. The molecule has 21 heavy (non-hydrogen) atoms. The third-order valence-corrected chi connectivity index (χ3v) is 3.67. The maximum absolute atomic E-state index is 6.23. The maximum Gasteiger partial charge on any atom is 0.141 e. The lowest BCUT2D eigenvalue weighted by molar-refractivity contribution is 0.0923. The van der Waals surface area contributed by atoms with Crippen molar-refractivity contribution in [3.05, 3.63) is 28.8 Å². The van der Waals surface area contributed by atoms with Crippen LogP contribution in [-0.4, -0.2) is 25.9 Å². The van der Waals surface area contributed by atoms with Gasteiger partial charge in [-0.05, 0) is 36.8 Å². The number of benzene rings is 1. The minimum Gasteiger partial charge on any atom is -0.489 e. The van der Waals surface area contributed by atoms with Gasteiger partial charge >= 0.3 is 0 Å². The molecule has 0 saturated carbocycles. The summed E-state index contributed by atoms with van der Waals surface area (Å²) in [7, 11) is 0. The lowest BCUT2D eigenvalue weighted by Gasteiger charge is -2.16. The molecule has 1 unspecified atom stereocenters. The van der Waals surface area contributed by atoms with Gasteiger partial charge < -0.3 is 15.2 Å². The summed E-state index contributed by atoms with van der Waals surface area (Å²) in [6.45, 7) is 8.32. The molecule has 0 bridgehead atoms. The average molecular weight is 314 g/mol. The van der Waals surface area contributed by atoms with Gasteiger partial charge in [0.25, 0.3) is 0 Å². The lowest BCUT2D eigenvalue weighted by atomic mass is 10.0. The Kier molecular flexibility index (Phi) is 8.74. The normalized spacial score (nSPS) is 12.7. The van der Waals surface area contributed by atoms with E-state index in [0.29, 0.717) is 24.2 Å². The second kappa shape index (κ2) is 10.0. The Labute approximate surface area is 133 Å². The highest BCUT2D eigenvalue weighted by Gasteiger charge is 2.11. The number of ether oxygens (including phenoxy) is 2. The van der Waals surface area contributed by atoms with Gasteiger partial charge in [-0.15, -0.1) is 0 Å². The standard InChI is InChI=1S/C17H28ClNO2/c1-4-15(19)12-14-6-5-7-16(18)17(14)21-11-10-20-9-8-13(2)3/h5-7,13,15H,4,8-12,19H2,1-3H3. The van der Waals surface area contributed by atoms with Gasteiger partial charge in [-0.3, -0.25) is 0 Å². The molecule has 0 saturated heterocycles. The summed E-state index contributed by atoms with van der Waals surface area (Å²) in [6.07, 6.45) is 2.79. The fourth-order valence-electron chi connectivity index (χ4n) is 1.93. The van der Waals surface area contributed by atoms with Crippen molar-refractivity contribution in [1.82, 2.24) is 0 Å². The quantitative estimate of drug-likeness (QED) is 0.662. The molecule has 0 aliphatic carbocycles. The number of nitrogens with two attached hydrogens (primary N) is 1. The molecule has 120 valence electrons. The molecule has 2 N–H and O–H groups in total. The van der Waals surface area contributed by atoms with Gasteiger partial charge in [-0.1, -0.05) is 44.5 Å². The van der Waals surface area contributed by atoms with E-state index in [0.717, 1.165) is 37.2 Å². The third kappa shape index (κ3) is 7.16. The van der Waals surface area contributed by atoms with Crippen LogP contribution in [0.1, 0.15) is 39.2 Å². The van der Waals surface area contributed by atoms with Crippen molar-refractivity contribution in [3.8, 4) is 5.75 Å². The van der Waals surface area contributed by atoms with Gasteiger partial charge in [-0.25, -0.2) is 0 Å². The Morgan fingerprint density at radius 3 is 2.62 bits per heavy atom. The van der Waals surface area contributed by atoms with Crippen LogP contribution in [0.2, 0.25) is 5.02 Å². The fourth-order valence-corrected chi connectivity index (χ4v) is 2.18. The highest BCUT2D eigenvalue weighted by Crippen LogP contribution is 2.29. The van der Waals surface area contributed by atoms with Gasteiger partial charge in [0.15, 0.2) is 0 Å². The molecule has 0 amide bonds. The molecule has 4 heteroatoms. The molecule has 1 aromatic carbocycles. The zero-order valence-corrected chi connectivity index (χ0v) is 14.2. The van der Waals surface area contributed by atoms with Gasteiger partial charge in [0.2, 0.25) is 0 Å². The largest absolute Gasteiger partial charge is 0.489 e. The number of hydrogen-bond donors (Lipinski definition) is 1. The molecule has 0 fully saturated rings. The van der Waals surface area contributed by atoms with Crippen molar-refractivity contribution < 1.29 is 9.47 Å². The number of halogens is 1. The zero-order chi connectivity index (χ0) is 15.7. The molecule has 0 aliphatic heterocycles. The summed E-state index contributed by atoms with van der Waals surface area (Å²) in [5.41, 5.74) is 7.09. The smallest absolute Gasteiger partial charge is 0.141 e. The maximum atomic E-state index is 6.23. The second-order valence-electron chi connectivity index (χ2n) is 5.74. The van der Waals surface area contributed by atoms with Gasteiger partial charge in [0.05, 0.1) is 11.6 Å². The molecule has 1 atom stereocenters. The summed E-state index contributed by atoms with van der Waals surface area (Å²) in [5, 5.41) is 0.637. The number of rotatable bonds is 10. The Bertz CT molecular complexity index is 410. The van der Waals surface area contributed by atoms with Crippen LogP contribution in [0.5, 0.6) is 5.75 Å². The third-order valence-electron chi connectivity index (χ3n) is 3.37. The SMILES string of the molecule is CCC(N)Cc1cccc(Cl)c1OCCOCCC(C)C. The van der Waals surface area contributed by atoms with Crippen LogP contribution in [0.4, 0.5) is 0 Å². The average Bonchev–Trinajstić information content (AvgIpc) is 2.44. The van der Waals surface area contributed by atoms with E-state index in [4.69, 9.17) is 26.8 Å². The zero-order valence-electron chi connectivity index (χ0n) is 13.4. The van der Waals surface area contributed by atoms with E-state index in [1.54, 1.807) is 0 Å². The molecule has 0 spiro atoms. The van der Waals surface area contributed by atoms with Crippen molar-refractivity contribution in [2.45, 2.75) is 46.1 Å². The van der Waals surface area contributed by atoms with Crippen LogP contribution < -0.4 is 10.5 Å². The fraction of sp³-hybridized carbons (Fsp3) is 0.647. The van der Waals surface area contributed by atoms with Gasteiger partial charge in [0.1, 0.15) is 12.4 Å². The van der Waals surface area contributed by atoms with E-state index < -0.39 is 0 Å². The minimum absolute atomic E-state index is 0.133. The Morgan fingerprint density at radius 1 is 1.19 bits per heavy atom. The molecule has 0 aliphatic rings. The lowest BCUT2D eigenvalue weighted by Crippen LogP contribution is -2.22. The Balaban J connectivity index is 2.46. The first-order chi connectivity index (χ1) is 10.0. The van der Waals surface area contributed by atoms with Crippen molar-refractivity contribution in [2.24, 2.45) is 11.7 Å². The molecule has 0 aromatic heterocycles. The van der Waals surface area contributed by atoms with E-state index in [1.807, 2.05) is 18.2 Å².